The summed E-state index contributed by atoms with van der Waals surface area (Å²) in [6, 6.07) is 3.92. The van der Waals surface area contributed by atoms with Crippen molar-refractivity contribution in [3.63, 3.8) is 0 Å². The lowest BCUT2D eigenvalue weighted by atomic mass is 10.3. The van der Waals surface area contributed by atoms with E-state index in [9.17, 15) is 0 Å². The highest BCUT2D eigenvalue weighted by atomic mass is 15.4. The molecule has 2 rings (SSSR count). The normalized spacial score (nSPS) is 10.1. The van der Waals surface area contributed by atoms with Gasteiger partial charge < -0.3 is 5.32 Å². The Bertz CT molecular complexity index is 395. The molecule has 0 aromatic carbocycles. The van der Waals surface area contributed by atoms with Crippen molar-refractivity contribution in [3.8, 4) is 0 Å². The minimum absolute atomic E-state index is 0.715. The van der Waals surface area contributed by atoms with Gasteiger partial charge in [0.2, 0.25) is 0 Å². The third kappa shape index (κ3) is 2.07. The number of pyridine rings is 1. The molecular formula is C9H11N5. The van der Waals surface area contributed by atoms with Crippen molar-refractivity contribution in [2.75, 3.05) is 5.32 Å². The molecule has 0 aliphatic carbocycles. The van der Waals surface area contributed by atoms with Gasteiger partial charge in [-0.05, 0) is 11.6 Å². The average Bonchev–Trinajstić information content (AvgIpc) is 2.63. The number of aryl methyl sites for hydroxylation is 1. The SMILES string of the molecule is Cn1cc(NCc2cccnc2)nn1. The predicted octanol–water partition coefficient (Wildman–Crippen LogP) is 0.822. The van der Waals surface area contributed by atoms with Gasteiger partial charge in [0.25, 0.3) is 0 Å². The molecular weight excluding hydrogens is 178 g/mol. The van der Waals surface area contributed by atoms with Crippen molar-refractivity contribution in [2.45, 2.75) is 6.54 Å². The van der Waals surface area contributed by atoms with Gasteiger partial charge in [0.05, 0.1) is 6.20 Å². The summed E-state index contributed by atoms with van der Waals surface area (Å²) in [6.45, 7) is 0.715. The maximum Gasteiger partial charge on any atom is 0.168 e. The second kappa shape index (κ2) is 3.87. The summed E-state index contributed by atoms with van der Waals surface area (Å²) in [7, 11) is 1.84. The van der Waals surface area contributed by atoms with Crippen LogP contribution in [-0.2, 0) is 13.6 Å². The van der Waals surface area contributed by atoms with Crippen LogP contribution in [0, 0.1) is 0 Å². The predicted molar refractivity (Wildman–Crippen MR) is 52.6 cm³/mol. The number of hydrogen-bond donors (Lipinski definition) is 1. The Morgan fingerprint density at radius 2 is 2.43 bits per heavy atom. The number of aromatic nitrogens is 4. The van der Waals surface area contributed by atoms with Crippen LogP contribution in [-0.4, -0.2) is 20.0 Å². The van der Waals surface area contributed by atoms with Gasteiger partial charge in [0.15, 0.2) is 5.82 Å². The molecule has 0 unspecified atom stereocenters. The zero-order valence-corrected chi connectivity index (χ0v) is 7.88. The fraction of sp³-hybridized carbons (Fsp3) is 0.222. The summed E-state index contributed by atoms with van der Waals surface area (Å²) in [4.78, 5) is 4.02. The van der Waals surface area contributed by atoms with Crippen LogP contribution in [0.5, 0.6) is 0 Å². The van der Waals surface area contributed by atoms with Crippen LogP contribution in [0.25, 0.3) is 0 Å². The summed E-state index contributed by atoms with van der Waals surface area (Å²) >= 11 is 0. The first-order valence-corrected chi connectivity index (χ1v) is 4.34. The van der Waals surface area contributed by atoms with Crippen LogP contribution >= 0.6 is 0 Å². The molecule has 0 atom stereocenters. The lowest BCUT2D eigenvalue weighted by Gasteiger charge is -2.00. The van der Waals surface area contributed by atoms with E-state index in [0.717, 1.165) is 11.4 Å². The fourth-order valence-electron chi connectivity index (χ4n) is 1.12. The highest BCUT2D eigenvalue weighted by Gasteiger charge is 1.96. The molecule has 2 heterocycles. The molecule has 72 valence electrons. The molecule has 0 saturated carbocycles. The first-order chi connectivity index (χ1) is 6.84. The minimum Gasteiger partial charge on any atom is -0.363 e. The van der Waals surface area contributed by atoms with Gasteiger partial charge in [-0.2, -0.15) is 0 Å². The van der Waals surface area contributed by atoms with E-state index in [-0.39, 0.29) is 0 Å². The van der Waals surface area contributed by atoms with Gasteiger partial charge in [-0.25, -0.2) is 0 Å². The Hall–Kier alpha value is -1.91. The van der Waals surface area contributed by atoms with Crippen LogP contribution in [0.1, 0.15) is 5.56 Å². The molecule has 2 aromatic heterocycles. The van der Waals surface area contributed by atoms with Crippen molar-refractivity contribution in [2.24, 2.45) is 7.05 Å². The fourth-order valence-corrected chi connectivity index (χ4v) is 1.12. The van der Waals surface area contributed by atoms with Crippen molar-refractivity contribution in [1.82, 2.24) is 20.0 Å². The Morgan fingerprint density at radius 1 is 1.50 bits per heavy atom. The Morgan fingerprint density at radius 3 is 3.07 bits per heavy atom. The standard InChI is InChI=1S/C9H11N5/c1-14-7-9(12-13-14)11-6-8-3-2-4-10-5-8/h2-5,7,11H,6H2,1H3. The largest absolute Gasteiger partial charge is 0.363 e. The first kappa shape index (κ1) is 8.68. The summed E-state index contributed by atoms with van der Waals surface area (Å²) in [5.74, 6) is 0.774. The van der Waals surface area contributed by atoms with Gasteiger partial charge in [0, 0.05) is 26.0 Å². The molecule has 5 heteroatoms. The molecule has 0 spiro atoms. The first-order valence-electron chi connectivity index (χ1n) is 4.34. The van der Waals surface area contributed by atoms with Crippen molar-refractivity contribution >= 4 is 5.82 Å². The summed E-state index contributed by atoms with van der Waals surface area (Å²) in [5, 5.41) is 10.9. The average molecular weight is 189 g/mol. The van der Waals surface area contributed by atoms with Crippen LogP contribution in [0.2, 0.25) is 0 Å². The molecule has 0 amide bonds. The van der Waals surface area contributed by atoms with E-state index >= 15 is 0 Å². The third-order valence-corrected chi connectivity index (χ3v) is 1.80. The Kier molecular flexibility index (Phi) is 2.40. The molecule has 0 aliphatic heterocycles. The number of hydrogen-bond acceptors (Lipinski definition) is 4. The van der Waals surface area contributed by atoms with Gasteiger partial charge in [-0.15, -0.1) is 5.10 Å². The van der Waals surface area contributed by atoms with Crippen molar-refractivity contribution < 1.29 is 0 Å². The summed E-state index contributed by atoms with van der Waals surface area (Å²) < 4.78 is 1.66. The highest BCUT2D eigenvalue weighted by molar-refractivity contribution is 5.30. The topological polar surface area (TPSA) is 55.6 Å². The van der Waals surface area contributed by atoms with Gasteiger partial charge in [-0.3, -0.25) is 9.67 Å². The minimum atomic E-state index is 0.715. The van der Waals surface area contributed by atoms with Crippen molar-refractivity contribution in [3.05, 3.63) is 36.3 Å². The lowest BCUT2D eigenvalue weighted by Crippen LogP contribution is -1.99. The summed E-state index contributed by atoms with van der Waals surface area (Å²) in [6.07, 6.45) is 5.41. The van der Waals surface area contributed by atoms with E-state index < -0.39 is 0 Å². The van der Waals surface area contributed by atoms with Gasteiger partial charge in [0.1, 0.15) is 0 Å². The van der Waals surface area contributed by atoms with Gasteiger partial charge >= 0.3 is 0 Å². The zero-order chi connectivity index (χ0) is 9.80. The molecule has 0 aliphatic rings. The van der Waals surface area contributed by atoms with Crippen LogP contribution in [0.15, 0.2) is 30.7 Å². The van der Waals surface area contributed by atoms with E-state index in [1.807, 2.05) is 31.6 Å². The second-order valence-electron chi connectivity index (χ2n) is 2.99. The maximum absolute atomic E-state index is 4.02. The van der Waals surface area contributed by atoms with Crippen LogP contribution in [0.4, 0.5) is 5.82 Å². The Labute approximate surface area is 81.8 Å². The number of nitrogens with one attached hydrogen (secondary N) is 1. The number of anilines is 1. The number of rotatable bonds is 3. The van der Waals surface area contributed by atoms with E-state index in [2.05, 4.69) is 20.6 Å². The molecule has 14 heavy (non-hydrogen) atoms. The highest BCUT2D eigenvalue weighted by Crippen LogP contribution is 2.02. The third-order valence-electron chi connectivity index (χ3n) is 1.80. The zero-order valence-electron chi connectivity index (χ0n) is 7.88. The van der Waals surface area contributed by atoms with Crippen LogP contribution in [0.3, 0.4) is 0 Å². The Balaban J connectivity index is 1.95. The second-order valence-corrected chi connectivity index (χ2v) is 2.99. The molecule has 0 saturated heterocycles. The van der Waals surface area contributed by atoms with E-state index in [0.29, 0.717) is 6.54 Å². The molecule has 0 fully saturated rings. The molecule has 2 aromatic rings. The van der Waals surface area contributed by atoms with E-state index in [1.54, 1.807) is 10.9 Å². The van der Waals surface area contributed by atoms with Gasteiger partial charge in [-0.1, -0.05) is 11.3 Å². The number of nitrogens with zero attached hydrogens (tertiary/aromatic N) is 4. The maximum atomic E-state index is 4.02. The smallest absolute Gasteiger partial charge is 0.168 e. The molecule has 0 radical (unpaired) electrons. The van der Waals surface area contributed by atoms with E-state index in [1.165, 1.54) is 0 Å². The van der Waals surface area contributed by atoms with Crippen LogP contribution < -0.4 is 5.32 Å². The quantitative estimate of drug-likeness (QED) is 0.776. The van der Waals surface area contributed by atoms with Crippen molar-refractivity contribution in [1.29, 1.82) is 0 Å². The van der Waals surface area contributed by atoms with E-state index in [4.69, 9.17) is 0 Å². The lowest BCUT2D eigenvalue weighted by molar-refractivity contribution is 0.715. The molecule has 1 N–H and O–H groups in total. The summed E-state index contributed by atoms with van der Waals surface area (Å²) in [5.41, 5.74) is 1.12. The molecule has 5 nitrogen and oxygen atoms in total. The monoisotopic (exact) mass is 189 g/mol. The molecule has 0 bridgehead atoms.